The van der Waals surface area contributed by atoms with Gasteiger partial charge in [0, 0.05) is 16.8 Å². The van der Waals surface area contributed by atoms with Gasteiger partial charge in [0.15, 0.2) is 0 Å². The number of benzene rings is 1. The average molecular weight is 272 g/mol. The Labute approximate surface area is 112 Å². The predicted molar refractivity (Wildman–Crippen MR) is 74.7 cm³/mol. The van der Waals surface area contributed by atoms with E-state index in [0.717, 1.165) is 17.7 Å². The Bertz CT molecular complexity index is 331. The third-order valence-corrected chi connectivity index (χ3v) is 3.66. The Morgan fingerprint density at radius 1 is 1.41 bits per heavy atom. The van der Waals surface area contributed by atoms with Crippen LogP contribution in [0.5, 0.6) is 0 Å². The molecule has 0 fully saturated rings. The second kappa shape index (κ2) is 8.43. The Hall–Kier alpha value is -0.670. The van der Waals surface area contributed by atoms with E-state index in [1.165, 1.54) is 0 Å². The molecule has 0 radical (unpaired) electrons. The summed E-state index contributed by atoms with van der Waals surface area (Å²) in [6.07, 6.45) is 1.76. The zero-order valence-corrected chi connectivity index (χ0v) is 11.6. The van der Waals surface area contributed by atoms with Gasteiger partial charge >= 0.3 is 0 Å². The van der Waals surface area contributed by atoms with Crippen molar-refractivity contribution in [2.24, 2.45) is 0 Å². The lowest BCUT2D eigenvalue weighted by molar-refractivity contribution is -0.119. The van der Waals surface area contributed by atoms with Gasteiger partial charge in [-0.25, -0.2) is 0 Å². The summed E-state index contributed by atoms with van der Waals surface area (Å²) in [7, 11) is 0. The van der Waals surface area contributed by atoms with Crippen molar-refractivity contribution in [3.05, 3.63) is 30.3 Å². The third-order valence-electron chi connectivity index (χ3n) is 2.43. The lowest BCUT2D eigenvalue weighted by atomic mass is 10.2. The first-order valence-corrected chi connectivity index (χ1v) is 7.31. The summed E-state index contributed by atoms with van der Waals surface area (Å²) in [6, 6.07) is 10.1. The third kappa shape index (κ3) is 5.99. The van der Waals surface area contributed by atoms with Gasteiger partial charge in [-0.15, -0.1) is 23.4 Å². The first-order valence-electron chi connectivity index (χ1n) is 5.79. The van der Waals surface area contributed by atoms with Crippen LogP contribution in [0.1, 0.15) is 19.8 Å². The molecular weight excluding hydrogens is 254 g/mol. The summed E-state index contributed by atoms with van der Waals surface area (Å²) in [5.74, 6) is 1.13. The smallest absolute Gasteiger partial charge is 0.230 e. The van der Waals surface area contributed by atoms with Crippen LogP contribution in [0.3, 0.4) is 0 Å². The molecule has 0 spiro atoms. The van der Waals surface area contributed by atoms with E-state index in [-0.39, 0.29) is 11.9 Å². The summed E-state index contributed by atoms with van der Waals surface area (Å²) in [5.41, 5.74) is 0. The lowest BCUT2D eigenvalue weighted by Gasteiger charge is -2.15. The Morgan fingerprint density at radius 3 is 2.71 bits per heavy atom. The van der Waals surface area contributed by atoms with Crippen LogP contribution in [0.4, 0.5) is 0 Å². The van der Waals surface area contributed by atoms with Gasteiger partial charge in [0.25, 0.3) is 0 Å². The summed E-state index contributed by atoms with van der Waals surface area (Å²) in [6.45, 7) is 2.06. The molecule has 1 rings (SSSR count). The monoisotopic (exact) mass is 271 g/mol. The molecule has 0 bridgehead atoms. The SMILES string of the molecule is CCC(CCCl)NC(=O)CSc1ccccc1. The van der Waals surface area contributed by atoms with Crippen molar-refractivity contribution in [2.45, 2.75) is 30.7 Å². The summed E-state index contributed by atoms with van der Waals surface area (Å²) >= 11 is 7.23. The Morgan fingerprint density at radius 2 is 2.12 bits per heavy atom. The highest BCUT2D eigenvalue weighted by molar-refractivity contribution is 8.00. The molecule has 1 unspecified atom stereocenters. The second-order valence-corrected chi connectivity index (χ2v) is 5.18. The van der Waals surface area contributed by atoms with E-state index in [4.69, 9.17) is 11.6 Å². The van der Waals surface area contributed by atoms with E-state index >= 15 is 0 Å². The quantitative estimate of drug-likeness (QED) is 0.609. The fourth-order valence-electron chi connectivity index (χ4n) is 1.44. The summed E-state index contributed by atoms with van der Waals surface area (Å²) in [5, 5.41) is 2.99. The zero-order chi connectivity index (χ0) is 12.5. The Kier molecular flexibility index (Phi) is 7.13. The van der Waals surface area contributed by atoms with Crippen LogP contribution in [0.15, 0.2) is 35.2 Å². The maximum atomic E-state index is 11.7. The first kappa shape index (κ1) is 14.4. The van der Waals surface area contributed by atoms with E-state index < -0.39 is 0 Å². The van der Waals surface area contributed by atoms with Crippen LogP contribution in [-0.4, -0.2) is 23.6 Å². The van der Waals surface area contributed by atoms with Crippen LogP contribution < -0.4 is 5.32 Å². The summed E-state index contributed by atoms with van der Waals surface area (Å²) in [4.78, 5) is 12.8. The minimum Gasteiger partial charge on any atom is -0.353 e. The van der Waals surface area contributed by atoms with E-state index in [2.05, 4.69) is 12.2 Å². The molecule has 0 aliphatic carbocycles. The molecule has 0 heterocycles. The van der Waals surface area contributed by atoms with Crippen molar-refractivity contribution in [1.29, 1.82) is 0 Å². The Balaban J connectivity index is 2.30. The largest absolute Gasteiger partial charge is 0.353 e. The van der Waals surface area contributed by atoms with E-state index in [1.807, 2.05) is 30.3 Å². The van der Waals surface area contributed by atoms with Gasteiger partial charge in [-0.1, -0.05) is 25.1 Å². The highest BCUT2D eigenvalue weighted by Gasteiger charge is 2.09. The van der Waals surface area contributed by atoms with Crippen LogP contribution >= 0.6 is 23.4 Å². The number of hydrogen-bond acceptors (Lipinski definition) is 2. The number of amides is 1. The first-order chi connectivity index (χ1) is 8.26. The maximum absolute atomic E-state index is 11.7. The van der Waals surface area contributed by atoms with Gasteiger partial charge in [-0.05, 0) is 25.0 Å². The molecule has 0 aliphatic heterocycles. The van der Waals surface area contributed by atoms with Gasteiger partial charge in [-0.2, -0.15) is 0 Å². The van der Waals surface area contributed by atoms with E-state index in [9.17, 15) is 4.79 Å². The van der Waals surface area contributed by atoms with Crippen LogP contribution in [0.2, 0.25) is 0 Å². The molecule has 1 N–H and O–H groups in total. The molecule has 4 heteroatoms. The normalized spacial score (nSPS) is 12.1. The summed E-state index contributed by atoms with van der Waals surface area (Å²) < 4.78 is 0. The number of thioether (sulfide) groups is 1. The van der Waals surface area contributed by atoms with Crippen LogP contribution in [0.25, 0.3) is 0 Å². The number of nitrogens with one attached hydrogen (secondary N) is 1. The lowest BCUT2D eigenvalue weighted by Crippen LogP contribution is -2.35. The van der Waals surface area contributed by atoms with Gasteiger partial charge in [0.1, 0.15) is 0 Å². The minimum atomic E-state index is 0.0795. The van der Waals surface area contributed by atoms with Crippen LogP contribution in [0, 0.1) is 0 Å². The fourth-order valence-corrected chi connectivity index (χ4v) is 2.44. The van der Waals surface area contributed by atoms with Gasteiger partial charge in [0.05, 0.1) is 5.75 Å². The van der Waals surface area contributed by atoms with Crippen molar-refractivity contribution in [1.82, 2.24) is 5.32 Å². The van der Waals surface area contributed by atoms with E-state index in [1.54, 1.807) is 11.8 Å². The van der Waals surface area contributed by atoms with Crippen molar-refractivity contribution in [2.75, 3.05) is 11.6 Å². The molecule has 0 aliphatic rings. The topological polar surface area (TPSA) is 29.1 Å². The standard InChI is InChI=1S/C13H18ClNOS/c1-2-11(8-9-14)15-13(16)10-17-12-6-4-3-5-7-12/h3-7,11H,2,8-10H2,1H3,(H,15,16). The van der Waals surface area contributed by atoms with Gasteiger partial charge in [0.2, 0.25) is 5.91 Å². The molecule has 0 saturated carbocycles. The molecule has 0 aromatic heterocycles. The van der Waals surface area contributed by atoms with Crippen molar-refractivity contribution in [3.8, 4) is 0 Å². The molecule has 1 aromatic rings. The van der Waals surface area contributed by atoms with Crippen molar-refractivity contribution >= 4 is 29.3 Å². The van der Waals surface area contributed by atoms with Crippen molar-refractivity contribution < 1.29 is 4.79 Å². The molecular formula is C13H18ClNOS. The van der Waals surface area contributed by atoms with E-state index in [0.29, 0.717) is 11.6 Å². The molecule has 0 saturated heterocycles. The zero-order valence-electron chi connectivity index (χ0n) is 9.99. The molecule has 1 amide bonds. The van der Waals surface area contributed by atoms with Gasteiger partial charge < -0.3 is 5.32 Å². The fraction of sp³-hybridized carbons (Fsp3) is 0.462. The average Bonchev–Trinajstić information content (AvgIpc) is 2.37. The predicted octanol–water partition coefficient (Wildman–Crippen LogP) is 3.30. The molecule has 17 heavy (non-hydrogen) atoms. The number of hydrogen-bond donors (Lipinski definition) is 1. The minimum absolute atomic E-state index is 0.0795. The number of carbonyl (C=O) groups is 1. The van der Waals surface area contributed by atoms with Crippen molar-refractivity contribution in [3.63, 3.8) is 0 Å². The highest BCUT2D eigenvalue weighted by atomic mass is 35.5. The number of alkyl halides is 1. The van der Waals surface area contributed by atoms with Gasteiger partial charge in [-0.3, -0.25) is 4.79 Å². The molecule has 2 nitrogen and oxygen atoms in total. The number of carbonyl (C=O) groups excluding carboxylic acids is 1. The highest BCUT2D eigenvalue weighted by Crippen LogP contribution is 2.16. The number of halogens is 1. The van der Waals surface area contributed by atoms with Crippen LogP contribution in [-0.2, 0) is 4.79 Å². The molecule has 1 aromatic carbocycles. The molecule has 1 atom stereocenters. The maximum Gasteiger partial charge on any atom is 0.230 e. The second-order valence-electron chi connectivity index (χ2n) is 3.75. The number of rotatable bonds is 7. The molecule has 94 valence electrons.